The molecule has 1 aromatic heterocycles. The lowest BCUT2D eigenvalue weighted by Gasteiger charge is -2.10. The van der Waals surface area contributed by atoms with Crippen LogP contribution in [-0.2, 0) is 4.79 Å². The van der Waals surface area contributed by atoms with Gasteiger partial charge in [0.1, 0.15) is 11.7 Å². The van der Waals surface area contributed by atoms with Crippen molar-refractivity contribution in [1.82, 2.24) is 4.98 Å². The summed E-state index contributed by atoms with van der Waals surface area (Å²) in [7, 11) is 0. The minimum atomic E-state index is -2.96. The van der Waals surface area contributed by atoms with Gasteiger partial charge < -0.3 is 10.6 Å². The second-order valence-electron chi connectivity index (χ2n) is 5.49. The summed E-state index contributed by atoms with van der Waals surface area (Å²) in [4.78, 5) is 27.9. The molecule has 2 aromatic rings. The summed E-state index contributed by atoms with van der Waals surface area (Å²) in [6.45, 7) is 0. The fourth-order valence-electron chi connectivity index (χ4n) is 2.20. The number of anilines is 2. The minimum Gasteiger partial charge on any atom is -0.322 e. The molecule has 9 heteroatoms. The lowest BCUT2D eigenvalue weighted by molar-refractivity contribution is -0.119. The van der Waals surface area contributed by atoms with Crippen molar-refractivity contribution in [3.8, 4) is 0 Å². The molecule has 0 bridgehead atoms. The van der Waals surface area contributed by atoms with E-state index >= 15 is 0 Å². The quantitative estimate of drug-likeness (QED) is 0.826. The molecule has 1 aliphatic carbocycles. The van der Waals surface area contributed by atoms with Crippen molar-refractivity contribution in [2.24, 2.45) is 5.92 Å². The van der Waals surface area contributed by atoms with Crippen LogP contribution in [0.4, 0.5) is 20.3 Å². The first-order chi connectivity index (χ1) is 11.8. The first-order valence-corrected chi connectivity index (χ1v) is 7.93. The number of benzene rings is 1. The number of rotatable bonds is 4. The number of alkyl halides is 2. The Labute approximate surface area is 151 Å². The van der Waals surface area contributed by atoms with Crippen LogP contribution in [0.15, 0.2) is 36.5 Å². The van der Waals surface area contributed by atoms with E-state index in [0.29, 0.717) is 5.69 Å². The van der Waals surface area contributed by atoms with Crippen molar-refractivity contribution in [3.63, 3.8) is 0 Å². The number of nitrogens with zero attached hydrogens (tertiary/aromatic N) is 1. The lowest BCUT2D eigenvalue weighted by Crippen LogP contribution is -2.18. The lowest BCUT2D eigenvalue weighted by atomic mass is 10.2. The third-order valence-corrected chi connectivity index (χ3v) is 4.23. The zero-order valence-corrected chi connectivity index (χ0v) is 14.0. The summed E-state index contributed by atoms with van der Waals surface area (Å²) in [5, 5.41) is 5.24. The Bertz CT molecular complexity index is 841. The summed E-state index contributed by atoms with van der Waals surface area (Å²) in [6.07, 6.45) is 0.852. The molecule has 5 nitrogen and oxygen atoms in total. The average Bonchev–Trinajstić information content (AvgIpc) is 3.16. The number of nitrogens with one attached hydrogen (secondary N) is 2. The zero-order valence-electron chi connectivity index (χ0n) is 12.5. The fourth-order valence-corrected chi connectivity index (χ4v) is 2.77. The Kier molecular flexibility index (Phi) is 4.62. The SMILES string of the molecule is O=C(Nc1ccnc(NC(=O)C2CC2(F)F)c1)c1c(Cl)cccc1Cl. The molecule has 1 fully saturated rings. The van der Waals surface area contributed by atoms with E-state index in [0.717, 1.165) is 0 Å². The highest BCUT2D eigenvalue weighted by Crippen LogP contribution is 2.49. The van der Waals surface area contributed by atoms with Crippen LogP contribution in [0, 0.1) is 5.92 Å². The van der Waals surface area contributed by atoms with E-state index in [-0.39, 0.29) is 21.4 Å². The van der Waals surface area contributed by atoms with E-state index in [1.54, 1.807) is 6.07 Å². The van der Waals surface area contributed by atoms with Crippen LogP contribution >= 0.6 is 23.2 Å². The number of aromatic nitrogens is 1. The maximum atomic E-state index is 12.9. The van der Waals surface area contributed by atoms with Gasteiger partial charge in [-0.2, -0.15) is 0 Å². The molecule has 1 saturated carbocycles. The van der Waals surface area contributed by atoms with Gasteiger partial charge in [-0.25, -0.2) is 13.8 Å². The van der Waals surface area contributed by atoms with E-state index in [2.05, 4.69) is 15.6 Å². The standard InChI is InChI=1S/C16H11Cl2F2N3O2/c17-10-2-1-3-11(18)13(10)15(25)22-8-4-5-21-12(6-8)23-14(24)9-7-16(9,19)20/h1-6,9H,7H2,(H2,21,22,23,24,25). The summed E-state index contributed by atoms with van der Waals surface area (Å²) < 4.78 is 25.8. The second-order valence-corrected chi connectivity index (χ2v) is 6.30. The van der Waals surface area contributed by atoms with Crippen molar-refractivity contribution >= 4 is 46.5 Å². The van der Waals surface area contributed by atoms with Gasteiger partial charge in [0.15, 0.2) is 0 Å². The Morgan fingerprint density at radius 1 is 1.16 bits per heavy atom. The molecule has 1 heterocycles. The molecular weight excluding hydrogens is 375 g/mol. The molecule has 130 valence electrons. The van der Waals surface area contributed by atoms with Crippen molar-refractivity contribution in [2.45, 2.75) is 12.3 Å². The van der Waals surface area contributed by atoms with Crippen LogP contribution in [-0.4, -0.2) is 22.7 Å². The molecule has 1 atom stereocenters. The van der Waals surface area contributed by atoms with Gasteiger partial charge in [-0.1, -0.05) is 29.3 Å². The van der Waals surface area contributed by atoms with E-state index < -0.39 is 30.1 Å². The van der Waals surface area contributed by atoms with E-state index in [9.17, 15) is 18.4 Å². The van der Waals surface area contributed by atoms with Crippen molar-refractivity contribution in [3.05, 3.63) is 52.1 Å². The Hall–Kier alpha value is -2.25. The van der Waals surface area contributed by atoms with Gasteiger partial charge >= 0.3 is 0 Å². The highest BCUT2D eigenvalue weighted by molar-refractivity contribution is 6.40. The fraction of sp³-hybridized carbons (Fsp3) is 0.188. The van der Waals surface area contributed by atoms with E-state index in [4.69, 9.17) is 23.2 Å². The second kappa shape index (κ2) is 6.57. The number of pyridine rings is 1. The molecule has 0 aliphatic heterocycles. The van der Waals surface area contributed by atoms with Gasteiger partial charge in [0.2, 0.25) is 5.91 Å². The monoisotopic (exact) mass is 385 g/mol. The number of amides is 2. The molecule has 25 heavy (non-hydrogen) atoms. The van der Waals surface area contributed by atoms with Gasteiger partial charge in [-0.3, -0.25) is 9.59 Å². The maximum absolute atomic E-state index is 12.9. The summed E-state index contributed by atoms with van der Waals surface area (Å²) in [6, 6.07) is 7.48. The van der Waals surface area contributed by atoms with Gasteiger partial charge in [-0.15, -0.1) is 0 Å². The number of carbonyl (C=O) groups is 2. The molecular formula is C16H11Cl2F2N3O2. The normalized spacial score (nSPS) is 17.7. The third-order valence-electron chi connectivity index (χ3n) is 3.60. The van der Waals surface area contributed by atoms with Crippen LogP contribution < -0.4 is 10.6 Å². The zero-order chi connectivity index (χ0) is 18.2. The minimum absolute atomic E-state index is 0.0516. The smallest absolute Gasteiger partial charge is 0.260 e. The summed E-state index contributed by atoms with van der Waals surface area (Å²) in [5.74, 6) is -5.61. The first kappa shape index (κ1) is 17.6. The molecule has 2 amide bonds. The van der Waals surface area contributed by atoms with Crippen LogP contribution in [0.3, 0.4) is 0 Å². The number of hydrogen-bond acceptors (Lipinski definition) is 3. The predicted octanol–water partition coefficient (Wildman–Crippen LogP) is 4.23. The highest BCUT2D eigenvalue weighted by atomic mass is 35.5. The number of halogens is 4. The largest absolute Gasteiger partial charge is 0.322 e. The molecule has 1 unspecified atom stereocenters. The topological polar surface area (TPSA) is 71.1 Å². The van der Waals surface area contributed by atoms with Crippen molar-refractivity contribution < 1.29 is 18.4 Å². The van der Waals surface area contributed by atoms with Gasteiger partial charge in [0, 0.05) is 24.4 Å². The molecule has 0 saturated heterocycles. The Morgan fingerprint density at radius 2 is 1.80 bits per heavy atom. The van der Waals surface area contributed by atoms with E-state index in [1.165, 1.54) is 30.5 Å². The Morgan fingerprint density at radius 3 is 2.40 bits per heavy atom. The Balaban J connectivity index is 1.72. The molecule has 0 spiro atoms. The number of hydrogen-bond donors (Lipinski definition) is 2. The van der Waals surface area contributed by atoms with Crippen LogP contribution in [0.1, 0.15) is 16.8 Å². The molecule has 3 rings (SSSR count). The van der Waals surface area contributed by atoms with Crippen LogP contribution in [0.2, 0.25) is 10.0 Å². The van der Waals surface area contributed by atoms with Crippen LogP contribution in [0.5, 0.6) is 0 Å². The molecule has 1 aliphatic rings. The average molecular weight is 386 g/mol. The summed E-state index contributed by atoms with van der Waals surface area (Å²) in [5.41, 5.74) is 0.402. The van der Waals surface area contributed by atoms with Gasteiger partial charge in [0.05, 0.1) is 15.6 Å². The van der Waals surface area contributed by atoms with Crippen molar-refractivity contribution in [1.29, 1.82) is 0 Å². The third kappa shape index (κ3) is 3.88. The van der Waals surface area contributed by atoms with Gasteiger partial charge in [0.25, 0.3) is 11.8 Å². The first-order valence-electron chi connectivity index (χ1n) is 7.18. The predicted molar refractivity (Wildman–Crippen MR) is 90.3 cm³/mol. The molecule has 0 radical (unpaired) electrons. The summed E-state index contributed by atoms with van der Waals surface area (Å²) >= 11 is 11.9. The number of carbonyl (C=O) groups excluding carboxylic acids is 2. The van der Waals surface area contributed by atoms with E-state index in [1.807, 2.05) is 0 Å². The maximum Gasteiger partial charge on any atom is 0.260 e. The van der Waals surface area contributed by atoms with Crippen LogP contribution in [0.25, 0.3) is 0 Å². The molecule has 2 N–H and O–H groups in total. The van der Waals surface area contributed by atoms with Gasteiger partial charge in [-0.05, 0) is 18.2 Å². The molecule has 1 aromatic carbocycles. The van der Waals surface area contributed by atoms with Crippen molar-refractivity contribution in [2.75, 3.05) is 10.6 Å². The highest BCUT2D eigenvalue weighted by Gasteiger charge is 2.61.